The Morgan fingerprint density at radius 3 is 2.83 bits per heavy atom. The summed E-state index contributed by atoms with van der Waals surface area (Å²) in [5, 5.41) is 9.46. The molecule has 0 bridgehead atoms. The Kier molecular flexibility index (Phi) is 4.33. The van der Waals surface area contributed by atoms with Crippen LogP contribution in [-0.4, -0.2) is 34.6 Å². The summed E-state index contributed by atoms with van der Waals surface area (Å²) in [5.41, 5.74) is 1.34. The number of carbonyl (C=O) groups excluding carboxylic acids is 2. The van der Waals surface area contributed by atoms with Crippen LogP contribution in [0.15, 0.2) is 30.3 Å². The van der Waals surface area contributed by atoms with Crippen molar-refractivity contribution in [1.82, 2.24) is 15.5 Å². The van der Waals surface area contributed by atoms with Crippen molar-refractivity contribution in [1.29, 1.82) is 0 Å². The summed E-state index contributed by atoms with van der Waals surface area (Å²) < 4.78 is 13.9. The smallest absolute Gasteiger partial charge is 0.272 e. The molecule has 1 aliphatic heterocycles. The fourth-order valence-corrected chi connectivity index (χ4v) is 2.70. The quantitative estimate of drug-likeness (QED) is 0.902. The first-order valence-corrected chi connectivity index (χ1v) is 7.89. The maximum Gasteiger partial charge on any atom is 0.272 e. The van der Waals surface area contributed by atoms with E-state index in [0.717, 1.165) is 5.69 Å². The molecular weight excluding hydrogens is 311 g/mol. The fraction of sp³-hybridized carbons (Fsp3) is 0.353. The summed E-state index contributed by atoms with van der Waals surface area (Å²) in [7, 11) is 0. The molecule has 0 radical (unpaired) electrons. The van der Waals surface area contributed by atoms with E-state index in [1.165, 1.54) is 11.0 Å². The maximum atomic E-state index is 13.9. The van der Waals surface area contributed by atoms with Crippen molar-refractivity contribution in [3.05, 3.63) is 47.5 Å². The average Bonchev–Trinajstić information content (AvgIpc) is 3.17. The van der Waals surface area contributed by atoms with Gasteiger partial charge >= 0.3 is 0 Å². The molecule has 2 N–H and O–H groups in total. The largest absolute Gasteiger partial charge is 0.339 e. The van der Waals surface area contributed by atoms with E-state index in [-0.39, 0.29) is 23.2 Å². The molecule has 1 aromatic carbocycles. The average molecular weight is 330 g/mol. The van der Waals surface area contributed by atoms with Gasteiger partial charge in [0.05, 0.1) is 5.69 Å². The van der Waals surface area contributed by atoms with E-state index in [1.54, 1.807) is 24.3 Å². The van der Waals surface area contributed by atoms with Crippen molar-refractivity contribution >= 4 is 17.5 Å². The molecule has 2 amide bonds. The van der Waals surface area contributed by atoms with E-state index in [4.69, 9.17) is 0 Å². The Labute approximate surface area is 139 Å². The van der Waals surface area contributed by atoms with Gasteiger partial charge in [-0.3, -0.25) is 14.7 Å². The Hall–Kier alpha value is -2.70. The highest BCUT2D eigenvalue weighted by atomic mass is 19.1. The van der Waals surface area contributed by atoms with E-state index < -0.39 is 17.8 Å². The standard InChI is InChI=1S/C17H19FN4O2/c1-10(2)13-9-14(21-20-13)16(23)19-12-7-8-22(17(12)24)15-6-4-3-5-11(15)18/h3-6,9-10,12H,7-8H2,1-2H3,(H,19,23)(H,20,21)/t12-/m0/s1. The van der Waals surface area contributed by atoms with Gasteiger partial charge in [-0.2, -0.15) is 5.10 Å². The molecule has 126 valence electrons. The second kappa shape index (κ2) is 6.43. The topological polar surface area (TPSA) is 78.1 Å². The minimum Gasteiger partial charge on any atom is -0.339 e. The molecule has 6 nitrogen and oxygen atoms in total. The van der Waals surface area contributed by atoms with Crippen molar-refractivity contribution < 1.29 is 14.0 Å². The molecule has 24 heavy (non-hydrogen) atoms. The number of halogens is 1. The third-order valence-electron chi connectivity index (χ3n) is 4.11. The van der Waals surface area contributed by atoms with E-state index in [9.17, 15) is 14.0 Å². The van der Waals surface area contributed by atoms with Crippen LogP contribution in [0.5, 0.6) is 0 Å². The van der Waals surface area contributed by atoms with Gasteiger partial charge in [0.1, 0.15) is 17.6 Å². The first kappa shape index (κ1) is 16.2. The van der Waals surface area contributed by atoms with Crippen LogP contribution in [0.4, 0.5) is 10.1 Å². The lowest BCUT2D eigenvalue weighted by Gasteiger charge is -2.17. The van der Waals surface area contributed by atoms with Crippen LogP contribution in [0.3, 0.4) is 0 Å². The molecular formula is C17H19FN4O2. The van der Waals surface area contributed by atoms with Crippen LogP contribution in [0.25, 0.3) is 0 Å². The second-order valence-corrected chi connectivity index (χ2v) is 6.12. The van der Waals surface area contributed by atoms with Crippen LogP contribution in [0.1, 0.15) is 42.4 Å². The van der Waals surface area contributed by atoms with Gasteiger partial charge in [-0.25, -0.2) is 4.39 Å². The number of carbonyl (C=O) groups is 2. The third-order valence-corrected chi connectivity index (χ3v) is 4.11. The Balaban J connectivity index is 1.69. The fourth-order valence-electron chi connectivity index (χ4n) is 2.70. The molecule has 1 atom stereocenters. The first-order chi connectivity index (χ1) is 11.5. The van der Waals surface area contributed by atoms with Crippen molar-refractivity contribution in [2.24, 2.45) is 0 Å². The number of hydrogen-bond acceptors (Lipinski definition) is 3. The van der Waals surface area contributed by atoms with Crippen molar-refractivity contribution in [3.8, 4) is 0 Å². The molecule has 0 unspecified atom stereocenters. The number of benzene rings is 1. The van der Waals surface area contributed by atoms with E-state index in [2.05, 4.69) is 15.5 Å². The number of aromatic nitrogens is 2. The van der Waals surface area contributed by atoms with Crippen LogP contribution in [0.2, 0.25) is 0 Å². The highest BCUT2D eigenvalue weighted by Crippen LogP contribution is 2.24. The predicted octanol–water partition coefficient (Wildman–Crippen LogP) is 2.21. The summed E-state index contributed by atoms with van der Waals surface area (Å²) >= 11 is 0. The van der Waals surface area contributed by atoms with Crippen molar-refractivity contribution in [3.63, 3.8) is 0 Å². The summed E-state index contributed by atoms with van der Waals surface area (Å²) in [5.74, 6) is -0.949. The molecule has 2 heterocycles. The predicted molar refractivity (Wildman–Crippen MR) is 87.3 cm³/mol. The number of amides is 2. The van der Waals surface area contributed by atoms with Gasteiger partial charge in [-0.1, -0.05) is 26.0 Å². The number of rotatable bonds is 4. The summed E-state index contributed by atoms with van der Waals surface area (Å²) in [6.07, 6.45) is 0.431. The minimum absolute atomic E-state index is 0.226. The zero-order chi connectivity index (χ0) is 17.3. The molecule has 7 heteroatoms. The second-order valence-electron chi connectivity index (χ2n) is 6.12. The molecule has 0 spiro atoms. The molecule has 1 saturated heterocycles. The summed E-state index contributed by atoms with van der Waals surface area (Å²) in [6.45, 7) is 4.34. The Bertz CT molecular complexity index is 771. The molecule has 1 fully saturated rings. The maximum absolute atomic E-state index is 13.9. The summed E-state index contributed by atoms with van der Waals surface area (Å²) in [4.78, 5) is 26.1. The van der Waals surface area contributed by atoms with Gasteiger partial charge in [-0.15, -0.1) is 0 Å². The summed E-state index contributed by atoms with van der Waals surface area (Å²) in [6, 6.07) is 7.12. The zero-order valence-corrected chi connectivity index (χ0v) is 13.5. The number of hydrogen-bond donors (Lipinski definition) is 2. The molecule has 1 aliphatic rings. The zero-order valence-electron chi connectivity index (χ0n) is 13.5. The highest BCUT2D eigenvalue weighted by Gasteiger charge is 2.35. The van der Waals surface area contributed by atoms with Gasteiger partial charge in [0.15, 0.2) is 0 Å². The van der Waals surface area contributed by atoms with E-state index in [0.29, 0.717) is 13.0 Å². The number of anilines is 1. The number of nitrogens with one attached hydrogen (secondary N) is 2. The SMILES string of the molecule is CC(C)c1cc(C(=O)N[C@H]2CCN(c3ccccc3F)C2=O)n[nH]1. The lowest BCUT2D eigenvalue weighted by Crippen LogP contribution is -2.41. The molecule has 0 saturated carbocycles. The Morgan fingerprint density at radius 2 is 2.17 bits per heavy atom. The van der Waals surface area contributed by atoms with Gasteiger partial charge in [0.25, 0.3) is 5.91 Å². The van der Waals surface area contributed by atoms with Gasteiger partial charge in [0.2, 0.25) is 5.91 Å². The van der Waals surface area contributed by atoms with Crippen LogP contribution >= 0.6 is 0 Å². The van der Waals surface area contributed by atoms with Gasteiger partial charge in [-0.05, 0) is 30.5 Å². The van der Waals surface area contributed by atoms with E-state index in [1.807, 2.05) is 13.8 Å². The number of aromatic amines is 1. The molecule has 0 aliphatic carbocycles. The minimum atomic E-state index is -0.670. The first-order valence-electron chi connectivity index (χ1n) is 7.89. The van der Waals surface area contributed by atoms with Crippen molar-refractivity contribution in [2.45, 2.75) is 32.2 Å². The number of nitrogens with zero attached hydrogens (tertiary/aromatic N) is 2. The van der Waals surface area contributed by atoms with Crippen molar-refractivity contribution in [2.75, 3.05) is 11.4 Å². The molecule has 2 aromatic rings. The lowest BCUT2D eigenvalue weighted by atomic mass is 10.1. The molecule has 1 aromatic heterocycles. The third kappa shape index (κ3) is 3.02. The lowest BCUT2D eigenvalue weighted by molar-refractivity contribution is -0.118. The van der Waals surface area contributed by atoms with Gasteiger partial charge < -0.3 is 10.2 Å². The Morgan fingerprint density at radius 1 is 1.42 bits per heavy atom. The number of para-hydroxylation sites is 1. The van der Waals surface area contributed by atoms with Crippen LogP contribution in [0, 0.1) is 5.82 Å². The van der Waals surface area contributed by atoms with Gasteiger partial charge in [0, 0.05) is 12.2 Å². The monoisotopic (exact) mass is 330 g/mol. The molecule has 3 rings (SSSR count). The number of H-pyrrole nitrogens is 1. The van der Waals surface area contributed by atoms with E-state index >= 15 is 0 Å². The van der Waals surface area contributed by atoms with Crippen LogP contribution < -0.4 is 10.2 Å². The van der Waals surface area contributed by atoms with Crippen LogP contribution in [-0.2, 0) is 4.79 Å². The normalized spacial score (nSPS) is 17.6. The highest BCUT2D eigenvalue weighted by molar-refractivity contribution is 6.03.